The molecule has 0 aliphatic heterocycles. The molecule has 0 fully saturated rings. The van der Waals surface area contributed by atoms with E-state index in [2.05, 4.69) is 16.0 Å². The number of fused-ring (bicyclic) bond motifs is 1. The van der Waals surface area contributed by atoms with E-state index in [9.17, 15) is 10.1 Å². The molecular formula is C17H13N3OS. The third kappa shape index (κ3) is 2.61. The van der Waals surface area contributed by atoms with Gasteiger partial charge < -0.3 is 0 Å². The van der Waals surface area contributed by atoms with Gasteiger partial charge >= 0.3 is 0 Å². The Labute approximate surface area is 132 Å². The van der Waals surface area contributed by atoms with Crippen molar-refractivity contribution < 1.29 is 4.79 Å². The number of pyridine rings is 1. The molecule has 0 aliphatic carbocycles. The molecule has 0 N–H and O–H groups in total. The SMILES string of the molecule is Cc1csc([C@@H](C#N)C(=O)c2ccc3nc(C)ccc3c2)n1. The van der Waals surface area contributed by atoms with Gasteiger partial charge in [0.2, 0.25) is 0 Å². The highest BCUT2D eigenvalue weighted by Gasteiger charge is 2.24. The van der Waals surface area contributed by atoms with Crippen molar-refractivity contribution in [3.05, 3.63) is 57.7 Å². The Morgan fingerprint density at radius 1 is 1.18 bits per heavy atom. The van der Waals surface area contributed by atoms with E-state index in [4.69, 9.17) is 0 Å². The van der Waals surface area contributed by atoms with Gasteiger partial charge in [-0.05, 0) is 38.1 Å². The van der Waals surface area contributed by atoms with E-state index in [1.807, 2.05) is 37.4 Å². The van der Waals surface area contributed by atoms with Crippen LogP contribution in [0.2, 0.25) is 0 Å². The number of carbonyl (C=O) groups is 1. The fourth-order valence-corrected chi connectivity index (χ4v) is 3.11. The predicted molar refractivity (Wildman–Crippen MR) is 86.0 cm³/mol. The summed E-state index contributed by atoms with van der Waals surface area (Å²) in [6.45, 7) is 3.78. The van der Waals surface area contributed by atoms with Gasteiger partial charge in [0.1, 0.15) is 5.01 Å². The first-order valence-corrected chi connectivity index (χ1v) is 7.70. The maximum Gasteiger partial charge on any atom is 0.186 e. The Morgan fingerprint density at radius 2 is 2.00 bits per heavy atom. The van der Waals surface area contributed by atoms with E-state index in [0.29, 0.717) is 10.6 Å². The number of aryl methyl sites for hydroxylation is 2. The van der Waals surface area contributed by atoms with Gasteiger partial charge in [0.25, 0.3) is 0 Å². The second-order valence-corrected chi connectivity index (χ2v) is 6.00. The summed E-state index contributed by atoms with van der Waals surface area (Å²) in [5.41, 5.74) is 3.11. The van der Waals surface area contributed by atoms with Crippen LogP contribution in [0.5, 0.6) is 0 Å². The summed E-state index contributed by atoms with van der Waals surface area (Å²) in [4.78, 5) is 21.3. The molecule has 0 spiro atoms. The zero-order valence-electron chi connectivity index (χ0n) is 12.2. The van der Waals surface area contributed by atoms with Crippen LogP contribution < -0.4 is 0 Å². The molecule has 22 heavy (non-hydrogen) atoms. The molecule has 1 atom stereocenters. The number of carbonyl (C=O) groups excluding carboxylic acids is 1. The van der Waals surface area contributed by atoms with Gasteiger partial charge in [0.05, 0.1) is 11.6 Å². The lowest BCUT2D eigenvalue weighted by Crippen LogP contribution is -2.11. The molecule has 0 saturated heterocycles. The number of nitrogens with zero attached hydrogens (tertiary/aromatic N) is 3. The first-order valence-electron chi connectivity index (χ1n) is 6.82. The van der Waals surface area contributed by atoms with Crippen molar-refractivity contribution in [1.29, 1.82) is 5.26 Å². The third-order valence-electron chi connectivity index (χ3n) is 3.39. The number of hydrogen-bond donors (Lipinski definition) is 0. The normalized spacial score (nSPS) is 12.0. The predicted octanol–water partition coefficient (Wildman–Crippen LogP) is 3.80. The van der Waals surface area contributed by atoms with E-state index >= 15 is 0 Å². The van der Waals surface area contributed by atoms with Crippen LogP contribution in [0, 0.1) is 25.2 Å². The highest BCUT2D eigenvalue weighted by Crippen LogP contribution is 2.25. The maximum absolute atomic E-state index is 12.6. The third-order valence-corrected chi connectivity index (χ3v) is 4.42. The van der Waals surface area contributed by atoms with Crippen molar-refractivity contribution in [2.45, 2.75) is 19.8 Å². The van der Waals surface area contributed by atoms with Crippen molar-refractivity contribution in [3.8, 4) is 6.07 Å². The van der Waals surface area contributed by atoms with Gasteiger partial charge in [0, 0.05) is 27.7 Å². The summed E-state index contributed by atoms with van der Waals surface area (Å²) in [7, 11) is 0. The van der Waals surface area contributed by atoms with E-state index in [1.54, 1.807) is 12.1 Å². The number of benzene rings is 1. The van der Waals surface area contributed by atoms with E-state index < -0.39 is 5.92 Å². The highest BCUT2D eigenvalue weighted by molar-refractivity contribution is 7.10. The van der Waals surface area contributed by atoms with Crippen molar-refractivity contribution in [1.82, 2.24) is 9.97 Å². The fourth-order valence-electron chi connectivity index (χ4n) is 2.28. The summed E-state index contributed by atoms with van der Waals surface area (Å²) < 4.78 is 0. The molecule has 0 unspecified atom stereocenters. The number of hydrogen-bond acceptors (Lipinski definition) is 5. The second-order valence-electron chi connectivity index (χ2n) is 5.11. The van der Waals surface area contributed by atoms with Crippen LogP contribution in [0.25, 0.3) is 10.9 Å². The topological polar surface area (TPSA) is 66.6 Å². The Morgan fingerprint density at radius 3 is 2.68 bits per heavy atom. The molecular weight excluding hydrogens is 294 g/mol. The Bertz CT molecular complexity index is 908. The summed E-state index contributed by atoms with van der Waals surface area (Å²) in [5.74, 6) is -1.08. The Balaban J connectivity index is 2.00. The van der Waals surface area contributed by atoms with Gasteiger partial charge in [0.15, 0.2) is 11.7 Å². The molecule has 0 saturated carbocycles. The summed E-state index contributed by atoms with van der Waals surface area (Å²) >= 11 is 1.34. The maximum atomic E-state index is 12.6. The Kier molecular flexibility index (Phi) is 3.70. The molecule has 3 aromatic rings. The molecule has 108 valence electrons. The van der Waals surface area contributed by atoms with Crippen molar-refractivity contribution in [3.63, 3.8) is 0 Å². The number of rotatable bonds is 3. The van der Waals surface area contributed by atoms with E-state index in [1.165, 1.54) is 11.3 Å². The molecule has 0 radical (unpaired) electrons. The first kappa shape index (κ1) is 14.4. The average molecular weight is 307 g/mol. The largest absolute Gasteiger partial charge is 0.292 e. The van der Waals surface area contributed by atoms with Crippen LogP contribution in [-0.2, 0) is 0 Å². The summed E-state index contributed by atoms with van der Waals surface area (Å²) in [6.07, 6.45) is 0. The number of thiazole rings is 1. The quantitative estimate of drug-likeness (QED) is 0.690. The van der Waals surface area contributed by atoms with Crippen molar-refractivity contribution >= 4 is 28.0 Å². The van der Waals surface area contributed by atoms with Crippen LogP contribution in [0.4, 0.5) is 0 Å². The molecule has 2 aromatic heterocycles. The summed E-state index contributed by atoms with van der Waals surface area (Å²) in [5, 5.41) is 12.6. The molecule has 4 nitrogen and oxygen atoms in total. The van der Waals surface area contributed by atoms with Gasteiger partial charge in [-0.1, -0.05) is 6.07 Å². The highest BCUT2D eigenvalue weighted by atomic mass is 32.1. The first-order chi connectivity index (χ1) is 10.6. The number of aromatic nitrogens is 2. The van der Waals surface area contributed by atoms with Crippen LogP contribution in [0.3, 0.4) is 0 Å². The molecule has 1 aromatic carbocycles. The molecule has 2 heterocycles. The molecule has 3 rings (SSSR count). The zero-order valence-corrected chi connectivity index (χ0v) is 13.0. The smallest absolute Gasteiger partial charge is 0.186 e. The zero-order chi connectivity index (χ0) is 15.7. The van der Waals surface area contributed by atoms with Gasteiger partial charge in [-0.2, -0.15) is 5.26 Å². The standard InChI is InChI=1S/C17H13N3OS/c1-10-3-4-12-7-13(5-6-15(12)19-10)16(21)14(8-18)17-20-11(2)9-22-17/h3-7,9,14H,1-2H3/t14-/m0/s1. The lowest BCUT2D eigenvalue weighted by Gasteiger charge is -2.07. The van der Waals surface area contributed by atoms with Crippen LogP contribution in [0.15, 0.2) is 35.7 Å². The number of nitriles is 1. The molecule has 5 heteroatoms. The van der Waals surface area contributed by atoms with Gasteiger partial charge in [-0.3, -0.25) is 9.78 Å². The minimum atomic E-state index is -0.852. The van der Waals surface area contributed by atoms with Gasteiger partial charge in [-0.25, -0.2) is 4.98 Å². The van der Waals surface area contributed by atoms with E-state index in [-0.39, 0.29) is 5.78 Å². The van der Waals surface area contributed by atoms with Crippen LogP contribution >= 0.6 is 11.3 Å². The molecule has 0 amide bonds. The number of Topliss-reactive ketones (excluding diaryl/α,β-unsaturated/α-hetero) is 1. The fraction of sp³-hybridized carbons (Fsp3) is 0.176. The van der Waals surface area contributed by atoms with Crippen LogP contribution in [0.1, 0.15) is 32.7 Å². The molecule has 0 aliphatic rings. The lowest BCUT2D eigenvalue weighted by molar-refractivity contribution is 0.0979. The van der Waals surface area contributed by atoms with Gasteiger partial charge in [-0.15, -0.1) is 11.3 Å². The van der Waals surface area contributed by atoms with Crippen molar-refractivity contribution in [2.24, 2.45) is 0 Å². The lowest BCUT2D eigenvalue weighted by atomic mass is 9.98. The number of ketones is 1. The second kappa shape index (κ2) is 5.66. The van der Waals surface area contributed by atoms with Crippen LogP contribution in [-0.4, -0.2) is 15.8 Å². The van der Waals surface area contributed by atoms with E-state index in [0.717, 1.165) is 22.3 Å². The minimum Gasteiger partial charge on any atom is -0.292 e. The monoisotopic (exact) mass is 307 g/mol. The summed E-state index contributed by atoms with van der Waals surface area (Å²) in [6, 6.07) is 11.2. The van der Waals surface area contributed by atoms with Crippen molar-refractivity contribution in [2.75, 3.05) is 0 Å². The average Bonchev–Trinajstić information content (AvgIpc) is 2.93. The Hall–Kier alpha value is -2.58. The minimum absolute atomic E-state index is 0.223. The molecule has 0 bridgehead atoms.